The fraction of sp³-hybridized carbons (Fsp3) is 0.400. The molecule has 2 aliphatic rings. The Bertz CT molecular complexity index is 1070. The van der Waals surface area contributed by atoms with Crippen molar-refractivity contribution in [2.24, 2.45) is 5.73 Å². The number of nitrogens with zero attached hydrogens (tertiary/aromatic N) is 2. The van der Waals surface area contributed by atoms with E-state index in [-0.39, 0.29) is 25.2 Å². The molecule has 0 aromatic heterocycles. The smallest absolute Gasteiger partial charge is 0.323 e. The zero-order valence-electron chi connectivity index (χ0n) is 20.1. The number of methoxy groups -OCH3 is 1. The molecule has 0 spiro atoms. The van der Waals surface area contributed by atoms with Crippen LogP contribution in [0, 0.1) is 0 Å². The predicted octanol–water partition coefficient (Wildman–Crippen LogP) is 3.44. The van der Waals surface area contributed by atoms with Crippen LogP contribution in [0.1, 0.15) is 25.7 Å². The van der Waals surface area contributed by atoms with Crippen LogP contribution in [0.15, 0.2) is 48.5 Å². The van der Waals surface area contributed by atoms with Crippen LogP contribution < -0.4 is 26.4 Å². The van der Waals surface area contributed by atoms with E-state index in [1.54, 1.807) is 55.6 Å². The van der Waals surface area contributed by atoms with Crippen molar-refractivity contribution < 1.29 is 19.1 Å². The highest BCUT2D eigenvalue weighted by atomic mass is 35.5. The summed E-state index contributed by atoms with van der Waals surface area (Å²) in [6.07, 6.45) is 2.05. The van der Waals surface area contributed by atoms with E-state index in [0.29, 0.717) is 22.1 Å². The minimum atomic E-state index is -1.11. The summed E-state index contributed by atoms with van der Waals surface area (Å²) in [5.74, 6) is 0.257. The van der Waals surface area contributed by atoms with E-state index in [4.69, 9.17) is 22.1 Å². The molecule has 11 heteroatoms. The molecule has 2 aromatic carbocycles. The van der Waals surface area contributed by atoms with Crippen LogP contribution in [0.25, 0.3) is 0 Å². The SMILES string of the molecule is COc1ccc(NC(=O)N2CCN(C(=O)Nc3ccc(Cl)cc3)C2C(=O)NC2CCC(N)CC2)cc1. The topological polar surface area (TPSA) is 129 Å². The summed E-state index contributed by atoms with van der Waals surface area (Å²) in [4.78, 5) is 42.5. The standard InChI is InChI=1S/C25H31ClN6O4/c1-36-21-12-10-20(11-13-21)30-25(35)32-15-14-31(24(34)29-19-6-2-16(26)3-7-19)23(32)22(33)28-18-8-4-17(27)5-9-18/h2-3,6-7,10-13,17-18,23H,4-5,8-9,14-15,27H2,1H3,(H,28,33)(H,29,34)(H,30,35). The van der Waals surface area contributed by atoms with Crippen LogP contribution >= 0.6 is 11.6 Å². The Hall–Kier alpha value is -3.50. The first-order valence-corrected chi connectivity index (χ1v) is 12.3. The van der Waals surface area contributed by atoms with Crippen LogP contribution in [-0.4, -0.2) is 66.2 Å². The second kappa shape index (κ2) is 11.5. The third-order valence-electron chi connectivity index (χ3n) is 6.48. The van der Waals surface area contributed by atoms with Crippen LogP contribution in [0.2, 0.25) is 5.02 Å². The van der Waals surface area contributed by atoms with Gasteiger partial charge in [-0.05, 0) is 74.2 Å². The molecular weight excluding hydrogens is 484 g/mol. The minimum Gasteiger partial charge on any atom is -0.497 e. The van der Waals surface area contributed by atoms with Crippen molar-refractivity contribution in [3.05, 3.63) is 53.6 Å². The maximum Gasteiger partial charge on any atom is 0.323 e. The third-order valence-corrected chi connectivity index (χ3v) is 6.74. The summed E-state index contributed by atoms with van der Waals surface area (Å²) in [7, 11) is 1.56. The Kier molecular flexibility index (Phi) is 8.17. The molecule has 2 aromatic rings. The number of halogens is 1. The number of carbonyl (C=O) groups is 3. The number of carbonyl (C=O) groups excluding carboxylic acids is 3. The van der Waals surface area contributed by atoms with Gasteiger partial charge in [-0.15, -0.1) is 0 Å². The molecule has 5 N–H and O–H groups in total. The number of benzene rings is 2. The van der Waals surface area contributed by atoms with E-state index in [0.717, 1.165) is 25.7 Å². The number of amides is 5. The van der Waals surface area contributed by atoms with Crippen LogP contribution in [0.3, 0.4) is 0 Å². The largest absolute Gasteiger partial charge is 0.497 e. The first-order valence-electron chi connectivity index (χ1n) is 11.9. The highest BCUT2D eigenvalue weighted by molar-refractivity contribution is 6.30. The lowest BCUT2D eigenvalue weighted by atomic mass is 9.92. The van der Waals surface area contributed by atoms with Crippen LogP contribution in [0.5, 0.6) is 5.75 Å². The molecule has 1 aliphatic carbocycles. The number of rotatable bonds is 5. The maximum atomic E-state index is 13.4. The first kappa shape index (κ1) is 25.6. The van der Waals surface area contributed by atoms with E-state index in [1.807, 2.05) is 0 Å². The lowest BCUT2D eigenvalue weighted by Gasteiger charge is -2.32. The average Bonchev–Trinajstić information content (AvgIpc) is 3.33. The van der Waals surface area contributed by atoms with Gasteiger partial charge in [-0.1, -0.05) is 11.6 Å². The van der Waals surface area contributed by atoms with Gasteiger partial charge >= 0.3 is 12.1 Å². The van der Waals surface area contributed by atoms with Gasteiger partial charge in [0.25, 0.3) is 5.91 Å². The predicted molar refractivity (Wildman–Crippen MR) is 138 cm³/mol. The molecule has 1 saturated heterocycles. The van der Waals surface area contributed by atoms with E-state index < -0.39 is 24.1 Å². The summed E-state index contributed by atoms with van der Waals surface area (Å²) in [6, 6.07) is 12.7. The summed E-state index contributed by atoms with van der Waals surface area (Å²) < 4.78 is 5.15. The van der Waals surface area contributed by atoms with Crippen molar-refractivity contribution >= 4 is 40.9 Å². The molecule has 1 unspecified atom stereocenters. The number of hydrogen-bond donors (Lipinski definition) is 4. The Morgan fingerprint density at radius 2 is 1.36 bits per heavy atom. The highest BCUT2D eigenvalue weighted by Crippen LogP contribution is 2.23. The molecule has 2 fully saturated rings. The summed E-state index contributed by atoms with van der Waals surface area (Å²) in [5.41, 5.74) is 7.08. The van der Waals surface area contributed by atoms with Gasteiger partial charge in [0.05, 0.1) is 7.11 Å². The highest BCUT2D eigenvalue weighted by Gasteiger charge is 2.43. The molecule has 10 nitrogen and oxygen atoms in total. The van der Waals surface area contributed by atoms with Crippen molar-refractivity contribution in [1.29, 1.82) is 0 Å². The molecule has 1 heterocycles. The van der Waals surface area contributed by atoms with Crippen molar-refractivity contribution in [2.45, 2.75) is 43.9 Å². The second-order valence-electron chi connectivity index (χ2n) is 8.98. The fourth-order valence-electron chi connectivity index (χ4n) is 4.47. The molecule has 36 heavy (non-hydrogen) atoms. The van der Waals surface area contributed by atoms with Gasteiger partial charge in [0.2, 0.25) is 0 Å². The Labute approximate surface area is 215 Å². The number of nitrogens with one attached hydrogen (secondary N) is 3. The Morgan fingerprint density at radius 3 is 1.86 bits per heavy atom. The molecule has 192 valence electrons. The number of hydrogen-bond acceptors (Lipinski definition) is 5. The molecule has 4 rings (SSSR count). The lowest BCUT2D eigenvalue weighted by Crippen LogP contribution is -2.57. The average molecular weight is 515 g/mol. The second-order valence-corrected chi connectivity index (χ2v) is 9.41. The molecule has 1 aliphatic heterocycles. The Balaban J connectivity index is 1.50. The molecule has 1 saturated carbocycles. The number of nitrogens with two attached hydrogens (primary N) is 1. The lowest BCUT2D eigenvalue weighted by molar-refractivity contribution is -0.128. The van der Waals surface area contributed by atoms with Gasteiger partial charge in [-0.25, -0.2) is 9.59 Å². The van der Waals surface area contributed by atoms with Crippen molar-refractivity contribution in [3.63, 3.8) is 0 Å². The van der Waals surface area contributed by atoms with Crippen LogP contribution in [0.4, 0.5) is 21.0 Å². The van der Waals surface area contributed by atoms with Crippen molar-refractivity contribution in [1.82, 2.24) is 15.1 Å². The number of anilines is 2. The normalized spacial score (nSPS) is 21.6. The van der Waals surface area contributed by atoms with Gasteiger partial charge in [0.15, 0.2) is 6.17 Å². The third kappa shape index (κ3) is 6.19. The van der Waals surface area contributed by atoms with Gasteiger partial charge in [-0.2, -0.15) is 0 Å². The van der Waals surface area contributed by atoms with Crippen molar-refractivity contribution in [3.8, 4) is 5.75 Å². The molecule has 0 bridgehead atoms. The van der Waals surface area contributed by atoms with Crippen molar-refractivity contribution in [2.75, 3.05) is 30.8 Å². The molecule has 5 amide bonds. The first-order chi connectivity index (χ1) is 17.3. The molecule has 1 atom stereocenters. The zero-order chi connectivity index (χ0) is 25.7. The van der Waals surface area contributed by atoms with E-state index in [1.165, 1.54) is 9.80 Å². The van der Waals surface area contributed by atoms with E-state index in [9.17, 15) is 14.4 Å². The van der Waals surface area contributed by atoms with Gasteiger partial charge in [0, 0.05) is 41.6 Å². The number of ether oxygens (including phenoxy) is 1. The Morgan fingerprint density at radius 1 is 0.861 bits per heavy atom. The van der Waals surface area contributed by atoms with Gasteiger partial charge in [-0.3, -0.25) is 14.6 Å². The van der Waals surface area contributed by atoms with Gasteiger partial charge in [0.1, 0.15) is 5.75 Å². The quantitative estimate of drug-likeness (QED) is 0.485. The minimum absolute atomic E-state index is 0.0504. The molecule has 0 radical (unpaired) electrons. The van der Waals surface area contributed by atoms with Crippen LogP contribution in [-0.2, 0) is 4.79 Å². The zero-order valence-corrected chi connectivity index (χ0v) is 20.8. The monoisotopic (exact) mass is 514 g/mol. The van der Waals surface area contributed by atoms with Gasteiger partial charge < -0.3 is 26.4 Å². The molecular formula is C25H31ClN6O4. The van der Waals surface area contributed by atoms with E-state index >= 15 is 0 Å². The van der Waals surface area contributed by atoms with E-state index in [2.05, 4.69) is 16.0 Å². The maximum absolute atomic E-state index is 13.4. The number of urea groups is 2. The summed E-state index contributed by atoms with van der Waals surface area (Å²) in [6.45, 7) is 0.396. The fourth-order valence-corrected chi connectivity index (χ4v) is 4.60. The summed E-state index contributed by atoms with van der Waals surface area (Å²) >= 11 is 5.94. The summed E-state index contributed by atoms with van der Waals surface area (Å²) in [5, 5.41) is 9.16.